The molecule has 0 fully saturated rings. The van der Waals surface area contributed by atoms with Crippen molar-refractivity contribution in [1.82, 2.24) is 9.13 Å². The second-order valence-electron chi connectivity index (χ2n) is 8.52. The number of carboxylic acid groups (broad SMARTS) is 1. The SMILES string of the molecule is CCCC(CC(=O)O)n1c(=O)n(CC2CN(C)c3cccc(C)c32)c2cc(Br)ccc21. The molecule has 1 aliphatic rings. The van der Waals surface area contributed by atoms with Crippen LogP contribution < -0.4 is 10.6 Å². The Balaban J connectivity index is 1.85. The number of imidazole rings is 1. The first-order valence-electron chi connectivity index (χ1n) is 10.7. The van der Waals surface area contributed by atoms with E-state index in [1.807, 2.05) is 29.7 Å². The van der Waals surface area contributed by atoms with E-state index in [9.17, 15) is 14.7 Å². The van der Waals surface area contributed by atoms with E-state index in [1.54, 1.807) is 4.57 Å². The molecule has 3 aromatic rings. The van der Waals surface area contributed by atoms with Crippen LogP contribution in [0.15, 0.2) is 45.7 Å². The maximum Gasteiger partial charge on any atom is 0.329 e. The first-order valence-corrected chi connectivity index (χ1v) is 11.5. The van der Waals surface area contributed by atoms with Gasteiger partial charge in [-0.15, -0.1) is 0 Å². The van der Waals surface area contributed by atoms with Crippen LogP contribution >= 0.6 is 15.9 Å². The zero-order valence-electron chi connectivity index (χ0n) is 18.1. The summed E-state index contributed by atoms with van der Waals surface area (Å²) in [6.07, 6.45) is 1.40. The van der Waals surface area contributed by atoms with Crippen LogP contribution in [0.2, 0.25) is 0 Å². The topological polar surface area (TPSA) is 67.5 Å². The highest BCUT2D eigenvalue weighted by Gasteiger charge is 2.30. The van der Waals surface area contributed by atoms with Gasteiger partial charge in [-0.3, -0.25) is 13.9 Å². The fourth-order valence-corrected chi connectivity index (χ4v) is 5.41. The molecule has 2 unspecified atom stereocenters. The van der Waals surface area contributed by atoms with Gasteiger partial charge in [0.1, 0.15) is 0 Å². The number of hydrogen-bond donors (Lipinski definition) is 1. The van der Waals surface area contributed by atoms with Crippen molar-refractivity contribution in [2.24, 2.45) is 0 Å². The Morgan fingerprint density at radius 3 is 2.74 bits per heavy atom. The van der Waals surface area contributed by atoms with E-state index in [2.05, 4.69) is 53.0 Å². The van der Waals surface area contributed by atoms with Gasteiger partial charge in [0.2, 0.25) is 0 Å². The number of aryl methyl sites for hydroxylation is 1. The van der Waals surface area contributed by atoms with Crippen molar-refractivity contribution in [3.63, 3.8) is 0 Å². The van der Waals surface area contributed by atoms with Gasteiger partial charge >= 0.3 is 11.7 Å². The quantitative estimate of drug-likeness (QED) is 0.515. The summed E-state index contributed by atoms with van der Waals surface area (Å²) in [5.74, 6) is -0.689. The van der Waals surface area contributed by atoms with Crippen molar-refractivity contribution < 1.29 is 9.90 Å². The molecular formula is C24H28BrN3O3. The average Bonchev–Trinajstić information content (AvgIpc) is 3.17. The maximum atomic E-state index is 13.7. The fraction of sp³-hybridized carbons (Fsp3) is 0.417. The highest BCUT2D eigenvalue weighted by molar-refractivity contribution is 9.10. The Labute approximate surface area is 190 Å². The minimum atomic E-state index is -0.884. The monoisotopic (exact) mass is 485 g/mol. The van der Waals surface area contributed by atoms with Crippen LogP contribution in [0.3, 0.4) is 0 Å². The fourth-order valence-electron chi connectivity index (χ4n) is 5.06. The average molecular weight is 486 g/mol. The lowest BCUT2D eigenvalue weighted by Crippen LogP contribution is -2.30. The predicted octanol–water partition coefficient (Wildman–Crippen LogP) is 4.92. The number of anilines is 1. The van der Waals surface area contributed by atoms with Crippen LogP contribution in [0, 0.1) is 6.92 Å². The molecule has 6 nitrogen and oxygen atoms in total. The van der Waals surface area contributed by atoms with E-state index in [1.165, 1.54) is 16.8 Å². The minimum absolute atomic E-state index is 0.0585. The summed E-state index contributed by atoms with van der Waals surface area (Å²) in [5.41, 5.74) is 5.26. The number of fused-ring (bicyclic) bond motifs is 2. The van der Waals surface area contributed by atoms with Crippen molar-refractivity contribution in [3.05, 3.63) is 62.5 Å². The summed E-state index contributed by atoms with van der Waals surface area (Å²) >= 11 is 3.54. The minimum Gasteiger partial charge on any atom is -0.481 e. The second-order valence-corrected chi connectivity index (χ2v) is 9.44. The molecule has 4 rings (SSSR count). The molecule has 7 heteroatoms. The van der Waals surface area contributed by atoms with Gasteiger partial charge in [-0.2, -0.15) is 0 Å². The van der Waals surface area contributed by atoms with Gasteiger partial charge in [0.15, 0.2) is 0 Å². The Morgan fingerprint density at radius 2 is 2.03 bits per heavy atom. The second kappa shape index (κ2) is 8.54. The molecule has 2 heterocycles. The highest BCUT2D eigenvalue weighted by Crippen LogP contribution is 2.39. The molecule has 0 amide bonds. The van der Waals surface area contributed by atoms with E-state index in [0.717, 1.165) is 28.5 Å². The summed E-state index contributed by atoms with van der Waals surface area (Å²) < 4.78 is 4.44. The Morgan fingerprint density at radius 1 is 1.26 bits per heavy atom. The van der Waals surface area contributed by atoms with Gasteiger partial charge < -0.3 is 10.0 Å². The Bertz CT molecular complexity index is 1200. The maximum absolute atomic E-state index is 13.7. The van der Waals surface area contributed by atoms with E-state index < -0.39 is 5.97 Å². The molecule has 1 aliphatic heterocycles. The van der Waals surface area contributed by atoms with Gasteiger partial charge in [0, 0.05) is 42.3 Å². The first-order chi connectivity index (χ1) is 14.8. The standard InChI is InChI=1S/C24H28BrN3O3/c1-4-6-18(12-22(29)30)28-19-10-9-17(25)11-21(19)27(24(28)31)14-16-13-26(3)20-8-5-7-15(2)23(16)20/h5,7-11,16,18H,4,6,12-14H2,1-3H3,(H,29,30). The third-order valence-corrected chi connectivity index (χ3v) is 6.83. The Hall–Kier alpha value is -2.54. The van der Waals surface area contributed by atoms with E-state index in [4.69, 9.17) is 0 Å². The zero-order chi connectivity index (χ0) is 22.3. The summed E-state index contributed by atoms with van der Waals surface area (Å²) in [7, 11) is 2.09. The van der Waals surface area contributed by atoms with Crippen LogP contribution in [0.5, 0.6) is 0 Å². The lowest BCUT2D eigenvalue weighted by Gasteiger charge is -2.16. The van der Waals surface area contributed by atoms with Crippen molar-refractivity contribution in [1.29, 1.82) is 0 Å². The van der Waals surface area contributed by atoms with E-state index in [-0.39, 0.29) is 24.1 Å². The summed E-state index contributed by atoms with van der Waals surface area (Å²) in [6.45, 7) is 5.55. The third kappa shape index (κ3) is 3.91. The van der Waals surface area contributed by atoms with Gasteiger partial charge in [0.05, 0.1) is 17.5 Å². The van der Waals surface area contributed by atoms with Gasteiger partial charge in [0.25, 0.3) is 0 Å². The number of rotatable bonds is 7. The molecule has 2 aromatic carbocycles. The number of carboxylic acids is 1. The van der Waals surface area contributed by atoms with Crippen LogP contribution in [-0.4, -0.2) is 33.8 Å². The molecular weight excluding hydrogens is 458 g/mol. The summed E-state index contributed by atoms with van der Waals surface area (Å²) in [4.78, 5) is 27.4. The number of nitrogens with zero attached hydrogens (tertiary/aromatic N) is 3. The molecule has 2 atom stereocenters. The van der Waals surface area contributed by atoms with Crippen molar-refractivity contribution in [2.45, 2.75) is 51.6 Å². The molecule has 164 valence electrons. The van der Waals surface area contributed by atoms with Gasteiger partial charge in [-0.1, -0.05) is 41.4 Å². The number of carbonyl (C=O) groups is 1. The van der Waals surface area contributed by atoms with Crippen molar-refractivity contribution in [3.8, 4) is 0 Å². The van der Waals surface area contributed by atoms with Gasteiger partial charge in [-0.05, 0) is 48.7 Å². The number of hydrogen-bond acceptors (Lipinski definition) is 3. The number of halogens is 1. The molecule has 0 bridgehead atoms. The van der Waals surface area contributed by atoms with Crippen LogP contribution in [0.4, 0.5) is 5.69 Å². The smallest absolute Gasteiger partial charge is 0.329 e. The number of benzene rings is 2. The van der Waals surface area contributed by atoms with Gasteiger partial charge in [-0.25, -0.2) is 4.79 Å². The molecule has 0 saturated heterocycles. The molecule has 1 N–H and O–H groups in total. The number of aromatic nitrogens is 2. The predicted molar refractivity (Wildman–Crippen MR) is 127 cm³/mol. The Kier molecular flexibility index (Phi) is 5.97. The largest absolute Gasteiger partial charge is 0.481 e. The lowest BCUT2D eigenvalue weighted by molar-refractivity contribution is -0.137. The number of likely N-dealkylation sites (N-methyl/N-ethyl adjacent to an activating group) is 1. The van der Waals surface area contributed by atoms with E-state index in [0.29, 0.717) is 13.0 Å². The van der Waals surface area contributed by atoms with Crippen LogP contribution in [0.25, 0.3) is 11.0 Å². The molecule has 31 heavy (non-hydrogen) atoms. The van der Waals surface area contributed by atoms with E-state index >= 15 is 0 Å². The van der Waals surface area contributed by atoms with Crippen molar-refractivity contribution in [2.75, 3.05) is 18.5 Å². The molecule has 0 saturated carbocycles. The zero-order valence-corrected chi connectivity index (χ0v) is 19.7. The normalized spacial score (nSPS) is 16.6. The highest BCUT2D eigenvalue weighted by atomic mass is 79.9. The van der Waals surface area contributed by atoms with Crippen LogP contribution in [-0.2, 0) is 11.3 Å². The van der Waals surface area contributed by atoms with Crippen LogP contribution in [0.1, 0.15) is 49.3 Å². The summed E-state index contributed by atoms with van der Waals surface area (Å²) in [5, 5.41) is 9.45. The van der Waals surface area contributed by atoms with Crippen molar-refractivity contribution >= 4 is 38.6 Å². The first kappa shape index (κ1) is 21.7. The molecule has 1 aromatic heterocycles. The summed E-state index contributed by atoms with van der Waals surface area (Å²) in [6, 6.07) is 11.8. The lowest BCUT2D eigenvalue weighted by atomic mass is 9.96. The molecule has 0 aliphatic carbocycles. The molecule has 0 spiro atoms. The molecule has 0 radical (unpaired) electrons. The third-order valence-electron chi connectivity index (χ3n) is 6.34. The number of aliphatic carboxylic acids is 1.